The SMILES string of the molecule is CSC1(CNC2CCCCC2C2CCCCC2)CCCC1. The van der Waals surface area contributed by atoms with Gasteiger partial charge in [0.1, 0.15) is 0 Å². The van der Waals surface area contributed by atoms with E-state index in [-0.39, 0.29) is 0 Å². The lowest BCUT2D eigenvalue weighted by atomic mass is 9.71. The molecule has 0 saturated heterocycles. The summed E-state index contributed by atoms with van der Waals surface area (Å²) < 4.78 is 0.578. The standard InChI is InChI=1S/C19H35NS/c1-21-19(13-7-8-14-19)15-20-18-12-6-5-11-17(18)16-9-3-2-4-10-16/h16-18,20H,2-15H2,1H3. The molecular formula is C19H35NS. The predicted molar refractivity (Wildman–Crippen MR) is 95.0 cm³/mol. The van der Waals surface area contributed by atoms with Gasteiger partial charge in [-0.1, -0.05) is 57.8 Å². The number of hydrogen-bond donors (Lipinski definition) is 1. The first kappa shape index (κ1) is 16.2. The van der Waals surface area contributed by atoms with Crippen LogP contribution in [-0.2, 0) is 0 Å². The van der Waals surface area contributed by atoms with Gasteiger partial charge in [-0.15, -0.1) is 0 Å². The van der Waals surface area contributed by atoms with Crippen LogP contribution in [0, 0.1) is 11.8 Å². The molecule has 1 N–H and O–H groups in total. The molecule has 1 nitrogen and oxygen atoms in total. The summed E-state index contributed by atoms with van der Waals surface area (Å²) in [6.45, 7) is 1.28. The molecule has 0 aliphatic heterocycles. The zero-order valence-corrected chi connectivity index (χ0v) is 14.9. The Hall–Kier alpha value is 0.310. The van der Waals surface area contributed by atoms with Crippen molar-refractivity contribution in [1.29, 1.82) is 0 Å². The lowest BCUT2D eigenvalue weighted by molar-refractivity contribution is 0.148. The topological polar surface area (TPSA) is 12.0 Å². The summed E-state index contributed by atoms with van der Waals surface area (Å²) in [5.41, 5.74) is 0. The first-order valence-electron chi connectivity index (χ1n) is 9.61. The lowest BCUT2D eigenvalue weighted by Crippen LogP contribution is -2.47. The number of thioether (sulfide) groups is 1. The molecule has 0 spiro atoms. The van der Waals surface area contributed by atoms with E-state index in [0.717, 1.165) is 17.9 Å². The first-order valence-corrected chi connectivity index (χ1v) is 10.8. The van der Waals surface area contributed by atoms with Crippen molar-refractivity contribution in [3.63, 3.8) is 0 Å². The van der Waals surface area contributed by atoms with Gasteiger partial charge in [-0.25, -0.2) is 0 Å². The summed E-state index contributed by atoms with van der Waals surface area (Å²) in [4.78, 5) is 0. The smallest absolute Gasteiger partial charge is 0.0281 e. The van der Waals surface area contributed by atoms with Crippen molar-refractivity contribution < 1.29 is 0 Å². The molecule has 3 saturated carbocycles. The molecule has 3 rings (SSSR count). The normalized spacial score (nSPS) is 34.1. The maximum absolute atomic E-state index is 4.08. The van der Waals surface area contributed by atoms with Gasteiger partial charge in [0.05, 0.1) is 0 Å². The van der Waals surface area contributed by atoms with Gasteiger partial charge in [0.2, 0.25) is 0 Å². The first-order chi connectivity index (χ1) is 10.3. The number of rotatable bonds is 5. The Morgan fingerprint density at radius 3 is 2.24 bits per heavy atom. The monoisotopic (exact) mass is 309 g/mol. The summed E-state index contributed by atoms with van der Waals surface area (Å²) in [5.74, 6) is 2.05. The van der Waals surface area contributed by atoms with Crippen LogP contribution in [0.5, 0.6) is 0 Å². The fourth-order valence-corrected chi connectivity index (χ4v) is 6.25. The van der Waals surface area contributed by atoms with Crippen LogP contribution in [0.1, 0.15) is 83.5 Å². The van der Waals surface area contributed by atoms with Crippen molar-refractivity contribution in [3.8, 4) is 0 Å². The van der Waals surface area contributed by atoms with Crippen LogP contribution >= 0.6 is 11.8 Å². The van der Waals surface area contributed by atoms with Gasteiger partial charge in [-0.2, -0.15) is 11.8 Å². The van der Waals surface area contributed by atoms with Crippen molar-refractivity contribution in [2.75, 3.05) is 12.8 Å². The predicted octanol–water partition coefficient (Wildman–Crippen LogP) is 5.39. The van der Waals surface area contributed by atoms with Gasteiger partial charge in [0, 0.05) is 17.3 Å². The van der Waals surface area contributed by atoms with Gasteiger partial charge in [0.25, 0.3) is 0 Å². The van der Waals surface area contributed by atoms with Crippen molar-refractivity contribution in [3.05, 3.63) is 0 Å². The van der Waals surface area contributed by atoms with Crippen LogP contribution in [-0.4, -0.2) is 23.6 Å². The molecule has 2 atom stereocenters. The van der Waals surface area contributed by atoms with Crippen molar-refractivity contribution in [2.45, 2.75) is 94.3 Å². The highest BCUT2D eigenvalue weighted by molar-refractivity contribution is 8.00. The molecule has 0 radical (unpaired) electrons. The van der Waals surface area contributed by atoms with E-state index in [9.17, 15) is 0 Å². The minimum absolute atomic E-state index is 0.578. The third-order valence-electron chi connectivity index (χ3n) is 6.71. The fraction of sp³-hybridized carbons (Fsp3) is 1.00. The quantitative estimate of drug-likeness (QED) is 0.730. The second-order valence-electron chi connectivity index (χ2n) is 7.93. The second kappa shape index (κ2) is 7.73. The number of nitrogens with one attached hydrogen (secondary N) is 1. The molecule has 3 aliphatic carbocycles. The van der Waals surface area contributed by atoms with E-state index in [1.54, 1.807) is 0 Å². The highest BCUT2D eigenvalue weighted by atomic mass is 32.2. The van der Waals surface area contributed by atoms with E-state index in [1.165, 1.54) is 90.0 Å². The maximum atomic E-state index is 4.08. The average Bonchev–Trinajstić information content (AvgIpc) is 3.04. The van der Waals surface area contributed by atoms with Crippen LogP contribution in [0.15, 0.2) is 0 Å². The van der Waals surface area contributed by atoms with Crippen LogP contribution < -0.4 is 5.32 Å². The Kier molecular flexibility index (Phi) is 5.95. The molecule has 122 valence electrons. The maximum Gasteiger partial charge on any atom is 0.0281 e. The largest absolute Gasteiger partial charge is 0.312 e. The van der Waals surface area contributed by atoms with E-state index in [2.05, 4.69) is 23.3 Å². The van der Waals surface area contributed by atoms with Crippen molar-refractivity contribution in [2.24, 2.45) is 11.8 Å². The molecule has 0 aromatic rings. The van der Waals surface area contributed by atoms with Gasteiger partial charge in [0.15, 0.2) is 0 Å². The number of hydrogen-bond acceptors (Lipinski definition) is 2. The summed E-state index contributed by atoms with van der Waals surface area (Å²) in [6, 6.07) is 0.839. The van der Waals surface area contributed by atoms with Gasteiger partial charge < -0.3 is 5.32 Å². The van der Waals surface area contributed by atoms with E-state index in [0.29, 0.717) is 4.75 Å². The Bertz CT molecular complexity index is 305. The van der Waals surface area contributed by atoms with E-state index < -0.39 is 0 Å². The minimum Gasteiger partial charge on any atom is -0.312 e. The van der Waals surface area contributed by atoms with Crippen molar-refractivity contribution >= 4 is 11.8 Å². The third-order valence-corrected chi connectivity index (χ3v) is 8.13. The minimum atomic E-state index is 0.578. The van der Waals surface area contributed by atoms with Gasteiger partial charge in [-0.05, 0) is 43.8 Å². The van der Waals surface area contributed by atoms with Crippen LogP contribution in [0.25, 0.3) is 0 Å². The van der Waals surface area contributed by atoms with Gasteiger partial charge >= 0.3 is 0 Å². The van der Waals surface area contributed by atoms with E-state index >= 15 is 0 Å². The van der Waals surface area contributed by atoms with Crippen LogP contribution in [0.2, 0.25) is 0 Å². The highest BCUT2D eigenvalue weighted by Gasteiger charge is 2.36. The zero-order chi connectivity index (χ0) is 14.5. The highest BCUT2D eigenvalue weighted by Crippen LogP contribution is 2.41. The van der Waals surface area contributed by atoms with Crippen molar-refractivity contribution in [1.82, 2.24) is 5.32 Å². The second-order valence-corrected chi connectivity index (χ2v) is 9.20. The summed E-state index contributed by atoms with van der Waals surface area (Å²) in [6.07, 6.45) is 21.6. The molecule has 0 heterocycles. The van der Waals surface area contributed by atoms with E-state index in [4.69, 9.17) is 0 Å². The third kappa shape index (κ3) is 3.99. The molecule has 0 amide bonds. The molecule has 2 heteroatoms. The Labute approximate surface area is 136 Å². The Morgan fingerprint density at radius 2 is 1.52 bits per heavy atom. The molecule has 21 heavy (non-hydrogen) atoms. The summed E-state index contributed by atoms with van der Waals surface area (Å²) >= 11 is 2.14. The molecule has 0 aromatic carbocycles. The Morgan fingerprint density at radius 1 is 0.857 bits per heavy atom. The zero-order valence-electron chi connectivity index (χ0n) is 14.0. The molecule has 0 bridgehead atoms. The summed E-state index contributed by atoms with van der Waals surface area (Å²) in [5, 5.41) is 4.08. The molecule has 3 fully saturated rings. The Balaban J connectivity index is 1.56. The molecule has 3 aliphatic rings. The van der Waals surface area contributed by atoms with Crippen LogP contribution in [0.3, 0.4) is 0 Å². The summed E-state index contributed by atoms with van der Waals surface area (Å²) in [7, 11) is 0. The van der Waals surface area contributed by atoms with Gasteiger partial charge in [-0.3, -0.25) is 0 Å². The lowest BCUT2D eigenvalue weighted by Gasteiger charge is -2.41. The molecule has 0 aromatic heterocycles. The van der Waals surface area contributed by atoms with E-state index in [1.807, 2.05) is 0 Å². The fourth-order valence-electron chi connectivity index (χ4n) is 5.33. The molecular weight excluding hydrogens is 274 g/mol. The molecule has 2 unspecified atom stereocenters. The van der Waals surface area contributed by atoms with Crippen LogP contribution in [0.4, 0.5) is 0 Å². The average molecular weight is 310 g/mol.